The quantitative estimate of drug-likeness (QED) is 0.799. The lowest BCUT2D eigenvalue weighted by Crippen LogP contribution is -2.12. The van der Waals surface area contributed by atoms with Crippen LogP contribution in [0.3, 0.4) is 0 Å². The number of benzene rings is 2. The van der Waals surface area contributed by atoms with Crippen LogP contribution in [-0.2, 0) is 11.2 Å². The summed E-state index contributed by atoms with van der Waals surface area (Å²) in [5.41, 5.74) is 3.30. The number of hydrogen-bond donors (Lipinski definition) is 1. The number of carbonyl (C=O) groups is 1. The molecule has 2 aromatic carbocycles. The van der Waals surface area contributed by atoms with Gasteiger partial charge >= 0.3 is 0 Å². The van der Waals surface area contributed by atoms with Crippen molar-refractivity contribution in [2.75, 3.05) is 12.4 Å². The maximum absolute atomic E-state index is 12.0. The highest BCUT2D eigenvalue weighted by Gasteiger charge is 2.06. The summed E-state index contributed by atoms with van der Waals surface area (Å²) in [4.78, 5) is 12.0. The molecule has 0 aromatic heterocycles. The van der Waals surface area contributed by atoms with Gasteiger partial charge in [-0.2, -0.15) is 0 Å². The minimum absolute atomic E-state index is 0.0390. The summed E-state index contributed by atoms with van der Waals surface area (Å²) in [5.74, 6) is 1.42. The monoisotopic (exact) mass is 311 g/mol. The molecule has 0 fully saturated rings. The second kappa shape index (κ2) is 8.37. The lowest BCUT2D eigenvalue weighted by molar-refractivity contribution is -0.116. The van der Waals surface area contributed by atoms with Crippen LogP contribution in [0.5, 0.6) is 5.75 Å². The zero-order valence-electron chi connectivity index (χ0n) is 14.1. The standard InChI is InChI=1S/C20H25NO2/c1-4-15(2)17-8-10-18(11-9-17)21-20(22)14-7-16-5-12-19(23-3)13-6-16/h5-6,8-13,15H,4,7,14H2,1-3H3,(H,21,22)/t15-/m1/s1. The molecular weight excluding hydrogens is 286 g/mol. The van der Waals surface area contributed by atoms with Crippen LogP contribution in [0.2, 0.25) is 0 Å². The van der Waals surface area contributed by atoms with Crippen LogP contribution in [0.4, 0.5) is 5.69 Å². The van der Waals surface area contributed by atoms with Gasteiger partial charge in [-0.25, -0.2) is 0 Å². The third kappa shape index (κ3) is 5.13. The van der Waals surface area contributed by atoms with E-state index in [1.54, 1.807) is 7.11 Å². The number of ether oxygens (including phenoxy) is 1. The Morgan fingerprint density at radius 1 is 1.09 bits per heavy atom. The van der Waals surface area contributed by atoms with Gasteiger partial charge in [0.15, 0.2) is 0 Å². The van der Waals surface area contributed by atoms with Crippen LogP contribution in [0, 0.1) is 0 Å². The van der Waals surface area contributed by atoms with E-state index in [0.717, 1.165) is 29.8 Å². The number of amides is 1. The van der Waals surface area contributed by atoms with Gasteiger partial charge in [0.05, 0.1) is 7.11 Å². The molecular formula is C20H25NO2. The Morgan fingerprint density at radius 2 is 1.74 bits per heavy atom. The van der Waals surface area contributed by atoms with Gasteiger partial charge < -0.3 is 10.1 Å². The molecule has 23 heavy (non-hydrogen) atoms. The van der Waals surface area contributed by atoms with Crippen molar-refractivity contribution in [3.8, 4) is 5.75 Å². The SMILES string of the molecule is CC[C@@H](C)c1ccc(NC(=O)CCc2ccc(OC)cc2)cc1. The van der Waals surface area contributed by atoms with E-state index in [1.165, 1.54) is 5.56 Å². The van der Waals surface area contributed by atoms with E-state index in [0.29, 0.717) is 12.3 Å². The van der Waals surface area contributed by atoms with Crippen LogP contribution >= 0.6 is 0 Å². The molecule has 0 saturated carbocycles. The van der Waals surface area contributed by atoms with Crippen LogP contribution in [0.1, 0.15) is 43.7 Å². The van der Waals surface area contributed by atoms with Gasteiger partial charge in [-0.05, 0) is 54.2 Å². The molecule has 1 atom stereocenters. The fourth-order valence-electron chi connectivity index (χ4n) is 2.40. The van der Waals surface area contributed by atoms with E-state index in [9.17, 15) is 4.79 Å². The van der Waals surface area contributed by atoms with Gasteiger partial charge in [0.1, 0.15) is 5.75 Å². The molecule has 0 bridgehead atoms. The van der Waals surface area contributed by atoms with E-state index >= 15 is 0 Å². The second-order valence-electron chi connectivity index (χ2n) is 5.83. The number of methoxy groups -OCH3 is 1. The van der Waals surface area contributed by atoms with Crippen molar-refractivity contribution < 1.29 is 9.53 Å². The van der Waals surface area contributed by atoms with Crippen LogP contribution in [0.25, 0.3) is 0 Å². The summed E-state index contributed by atoms with van der Waals surface area (Å²) >= 11 is 0. The van der Waals surface area contributed by atoms with Crippen molar-refractivity contribution in [2.24, 2.45) is 0 Å². The maximum atomic E-state index is 12.0. The molecule has 3 heteroatoms. The minimum Gasteiger partial charge on any atom is -0.497 e. The molecule has 2 rings (SSSR count). The largest absolute Gasteiger partial charge is 0.497 e. The lowest BCUT2D eigenvalue weighted by Gasteiger charge is -2.10. The first-order valence-corrected chi connectivity index (χ1v) is 8.15. The Bertz CT molecular complexity index is 617. The molecule has 0 aliphatic heterocycles. The summed E-state index contributed by atoms with van der Waals surface area (Å²) in [7, 11) is 1.65. The molecule has 2 aromatic rings. The number of carbonyl (C=O) groups excluding carboxylic acids is 1. The fourth-order valence-corrected chi connectivity index (χ4v) is 2.40. The highest BCUT2D eigenvalue weighted by molar-refractivity contribution is 5.90. The summed E-state index contributed by atoms with van der Waals surface area (Å²) in [6, 6.07) is 16.0. The predicted octanol–water partition coefficient (Wildman–Crippen LogP) is 4.78. The summed E-state index contributed by atoms with van der Waals surface area (Å²) in [6.07, 6.45) is 2.31. The third-order valence-electron chi connectivity index (χ3n) is 4.18. The number of aryl methyl sites for hydroxylation is 1. The van der Waals surface area contributed by atoms with E-state index in [1.807, 2.05) is 36.4 Å². The van der Waals surface area contributed by atoms with Gasteiger partial charge in [-0.1, -0.05) is 38.1 Å². The van der Waals surface area contributed by atoms with Crippen molar-refractivity contribution in [1.29, 1.82) is 0 Å². The first-order chi connectivity index (χ1) is 11.1. The van der Waals surface area contributed by atoms with Crippen molar-refractivity contribution in [2.45, 2.75) is 39.0 Å². The molecule has 0 heterocycles. The lowest BCUT2D eigenvalue weighted by atomic mass is 9.98. The van der Waals surface area contributed by atoms with Crippen LogP contribution < -0.4 is 10.1 Å². The van der Waals surface area contributed by atoms with Gasteiger partial charge in [-0.15, -0.1) is 0 Å². The number of rotatable bonds is 7. The highest BCUT2D eigenvalue weighted by Crippen LogP contribution is 2.20. The number of hydrogen-bond acceptors (Lipinski definition) is 2. The first-order valence-electron chi connectivity index (χ1n) is 8.15. The van der Waals surface area contributed by atoms with Crippen molar-refractivity contribution in [1.82, 2.24) is 0 Å². The van der Waals surface area contributed by atoms with Crippen molar-refractivity contribution in [3.05, 3.63) is 59.7 Å². The Labute approximate surface area is 138 Å². The fraction of sp³-hybridized carbons (Fsp3) is 0.350. The number of nitrogens with one attached hydrogen (secondary N) is 1. The minimum atomic E-state index is 0.0390. The molecule has 0 saturated heterocycles. The zero-order chi connectivity index (χ0) is 16.7. The third-order valence-corrected chi connectivity index (χ3v) is 4.18. The Morgan fingerprint density at radius 3 is 2.30 bits per heavy atom. The van der Waals surface area contributed by atoms with Crippen molar-refractivity contribution in [3.63, 3.8) is 0 Å². The van der Waals surface area contributed by atoms with Crippen LogP contribution in [0.15, 0.2) is 48.5 Å². The van der Waals surface area contributed by atoms with Crippen molar-refractivity contribution >= 4 is 11.6 Å². The van der Waals surface area contributed by atoms with E-state index < -0.39 is 0 Å². The number of anilines is 1. The molecule has 0 spiro atoms. The maximum Gasteiger partial charge on any atom is 0.224 e. The van der Waals surface area contributed by atoms with E-state index in [4.69, 9.17) is 4.74 Å². The summed E-state index contributed by atoms with van der Waals surface area (Å²) in [5, 5.41) is 2.96. The topological polar surface area (TPSA) is 38.3 Å². The van der Waals surface area contributed by atoms with Gasteiger partial charge in [0.2, 0.25) is 5.91 Å². The smallest absolute Gasteiger partial charge is 0.224 e. The van der Waals surface area contributed by atoms with E-state index in [2.05, 4.69) is 31.3 Å². The highest BCUT2D eigenvalue weighted by atomic mass is 16.5. The van der Waals surface area contributed by atoms with E-state index in [-0.39, 0.29) is 5.91 Å². The molecule has 0 radical (unpaired) electrons. The second-order valence-corrected chi connectivity index (χ2v) is 5.83. The normalized spacial score (nSPS) is 11.8. The molecule has 1 N–H and O–H groups in total. The predicted molar refractivity (Wildman–Crippen MR) is 95.1 cm³/mol. The Hall–Kier alpha value is -2.29. The molecule has 0 aliphatic rings. The van der Waals surface area contributed by atoms with Gasteiger partial charge in [-0.3, -0.25) is 4.79 Å². The molecule has 1 amide bonds. The molecule has 0 unspecified atom stereocenters. The molecule has 122 valence electrons. The summed E-state index contributed by atoms with van der Waals surface area (Å²) in [6.45, 7) is 4.39. The average Bonchev–Trinajstić information content (AvgIpc) is 2.60. The first kappa shape index (κ1) is 17.1. The Kier molecular flexibility index (Phi) is 6.21. The molecule has 0 aliphatic carbocycles. The van der Waals surface area contributed by atoms with Gasteiger partial charge in [0.25, 0.3) is 0 Å². The average molecular weight is 311 g/mol. The Balaban J connectivity index is 1.84. The molecule has 3 nitrogen and oxygen atoms in total. The van der Waals surface area contributed by atoms with Crippen LogP contribution in [-0.4, -0.2) is 13.0 Å². The van der Waals surface area contributed by atoms with Gasteiger partial charge in [0, 0.05) is 12.1 Å². The summed E-state index contributed by atoms with van der Waals surface area (Å²) < 4.78 is 5.13. The zero-order valence-corrected chi connectivity index (χ0v) is 14.1.